The first-order valence-electron chi connectivity index (χ1n) is 10.2. The fourth-order valence-corrected chi connectivity index (χ4v) is 6.31. The Morgan fingerprint density at radius 2 is 1.81 bits per heavy atom. The summed E-state index contributed by atoms with van der Waals surface area (Å²) in [5, 5.41) is 19.5. The van der Waals surface area contributed by atoms with Crippen molar-refractivity contribution in [3.8, 4) is 22.6 Å². The smallest absolute Gasteiger partial charge is 0.135 e. The minimum Gasteiger partial charge on any atom is -0.250 e. The molecule has 2 fully saturated rings. The van der Waals surface area contributed by atoms with E-state index in [1.54, 1.807) is 6.20 Å². The number of benzene rings is 1. The molecule has 0 amide bonds. The van der Waals surface area contributed by atoms with Gasteiger partial charge in [-0.15, -0.1) is 5.10 Å². The van der Waals surface area contributed by atoms with Gasteiger partial charge in [-0.1, -0.05) is 19.1 Å². The van der Waals surface area contributed by atoms with E-state index in [9.17, 15) is 8.78 Å². The summed E-state index contributed by atoms with van der Waals surface area (Å²) in [6, 6.07) is 11.6. The van der Waals surface area contributed by atoms with E-state index >= 15 is 0 Å². The Morgan fingerprint density at radius 1 is 1.00 bits per heavy atom. The Kier molecular flexibility index (Phi) is 2.98. The quantitative estimate of drug-likeness (QED) is 0.548. The molecule has 6 nitrogen and oxygen atoms in total. The van der Waals surface area contributed by atoms with Crippen LogP contribution in [0.15, 0.2) is 48.7 Å². The average molecular weight is 414 g/mol. The minimum absolute atomic E-state index is 0.00582. The highest BCUT2D eigenvalue weighted by Gasteiger charge is 2.87. The van der Waals surface area contributed by atoms with Crippen molar-refractivity contribution < 1.29 is 8.78 Å². The third kappa shape index (κ3) is 1.85. The predicted molar refractivity (Wildman–Crippen MR) is 107 cm³/mol. The number of fused-ring (bicyclic) bond motifs is 4. The van der Waals surface area contributed by atoms with E-state index in [0.29, 0.717) is 17.5 Å². The van der Waals surface area contributed by atoms with Crippen LogP contribution in [0.2, 0.25) is 0 Å². The number of pyridine rings is 1. The van der Waals surface area contributed by atoms with Gasteiger partial charge in [0.15, 0.2) is 0 Å². The van der Waals surface area contributed by atoms with Crippen molar-refractivity contribution in [2.75, 3.05) is 0 Å². The molecule has 4 atom stereocenters. The van der Waals surface area contributed by atoms with Crippen LogP contribution in [-0.4, -0.2) is 30.6 Å². The second kappa shape index (κ2) is 5.38. The third-order valence-corrected chi connectivity index (χ3v) is 7.80. The van der Waals surface area contributed by atoms with Crippen LogP contribution in [-0.2, 0) is 5.41 Å². The van der Waals surface area contributed by atoms with E-state index in [2.05, 4.69) is 32.5 Å². The molecule has 2 saturated carbocycles. The van der Waals surface area contributed by atoms with Crippen LogP contribution >= 0.6 is 0 Å². The van der Waals surface area contributed by atoms with Crippen LogP contribution in [0.25, 0.3) is 22.6 Å². The lowest BCUT2D eigenvalue weighted by Crippen LogP contribution is -2.46. The van der Waals surface area contributed by atoms with Gasteiger partial charge in [-0.05, 0) is 59.6 Å². The van der Waals surface area contributed by atoms with Crippen LogP contribution in [0.1, 0.15) is 36.2 Å². The number of hydrogen-bond donors (Lipinski definition) is 1. The largest absolute Gasteiger partial charge is 0.250 e. The van der Waals surface area contributed by atoms with E-state index in [4.69, 9.17) is 4.98 Å². The Labute approximate surface area is 175 Å². The third-order valence-electron chi connectivity index (χ3n) is 7.80. The lowest BCUT2D eigenvalue weighted by molar-refractivity contribution is 0.159. The molecule has 3 aliphatic rings. The zero-order valence-electron chi connectivity index (χ0n) is 16.5. The highest BCUT2D eigenvalue weighted by Crippen LogP contribution is 2.90. The fourth-order valence-electron chi connectivity index (χ4n) is 6.31. The van der Waals surface area contributed by atoms with Gasteiger partial charge >= 0.3 is 0 Å². The average Bonchev–Trinajstić information content (AvgIpc) is 3.14. The molecule has 7 rings (SSSR count). The molecule has 1 N–H and O–H groups in total. The first-order valence-corrected chi connectivity index (χ1v) is 10.2. The van der Waals surface area contributed by atoms with Gasteiger partial charge in [-0.25, -0.2) is 8.78 Å². The summed E-state index contributed by atoms with van der Waals surface area (Å²) in [6.45, 7) is 2.27. The molecular formula is C23H16F2N6. The van der Waals surface area contributed by atoms with Crippen molar-refractivity contribution in [2.24, 2.45) is 11.3 Å². The summed E-state index contributed by atoms with van der Waals surface area (Å²) in [6.07, 6.45) is 2.60. The molecule has 152 valence electrons. The molecular weight excluding hydrogens is 398 g/mol. The molecule has 8 heteroatoms. The van der Waals surface area contributed by atoms with E-state index in [0.717, 1.165) is 29.1 Å². The molecule has 1 aromatic carbocycles. The Balaban J connectivity index is 1.39. The number of hydrogen-bond acceptors (Lipinski definition) is 5. The summed E-state index contributed by atoms with van der Waals surface area (Å²) < 4.78 is 28.7. The van der Waals surface area contributed by atoms with Gasteiger partial charge in [0.1, 0.15) is 17.3 Å². The summed E-state index contributed by atoms with van der Waals surface area (Å²) in [5.74, 6) is -0.426. The molecule has 0 radical (unpaired) electrons. The second-order valence-electron chi connectivity index (χ2n) is 8.87. The van der Waals surface area contributed by atoms with Crippen molar-refractivity contribution in [3.63, 3.8) is 0 Å². The lowest BCUT2D eigenvalue weighted by Gasteiger charge is -2.46. The molecule has 31 heavy (non-hydrogen) atoms. The Bertz CT molecular complexity index is 1370. The highest BCUT2D eigenvalue weighted by molar-refractivity contribution is 5.68. The number of aromatic nitrogens is 6. The normalized spacial score (nSPS) is 29.3. The molecule has 0 aliphatic heterocycles. The van der Waals surface area contributed by atoms with Gasteiger partial charge in [0.2, 0.25) is 0 Å². The number of rotatable bonds is 3. The van der Waals surface area contributed by atoms with Crippen LogP contribution < -0.4 is 0 Å². The van der Waals surface area contributed by atoms with Gasteiger partial charge in [0, 0.05) is 0 Å². The number of aromatic amines is 1. The summed E-state index contributed by atoms with van der Waals surface area (Å²) >= 11 is 0. The van der Waals surface area contributed by atoms with Crippen molar-refractivity contribution >= 4 is 0 Å². The summed E-state index contributed by atoms with van der Waals surface area (Å²) in [4.78, 5) is 4.93. The zero-order valence-corrected chi connectivity index (χ0v) is 16.5. The molecule has 0 bridgehead atoms. The minimum atomic E-state index is -0.632. The summed E-state index contributed by atoms with van der Waals surface area (Å²) in [5.41, 5.74) is 4.07. The maximum Gasteiger partial charge on any atom is 0.135 e. The van der Waals surface area contributed by atoms with Crippen molar-refractivity contribution in [1.82, 2.24) is 30.6 Å². The zero-order chi connectivity index (χ0) is 21.0. The Hall–Kier alpha value is -3.55. The summed E-state index contributed by atoms with van der Waals surface area (Å²) in [7, 11) is 0. The molecule has 3 heterocycles. The van der Waals surface area contributed by atoms with E-state index < -0.39 is 11.6 Å². The maximum absolute atomic E-state index is 14.3. The number of nitrogens with zero attached hydrogens (tertiary/aromatic N) is 5. The predicted octanol–water partition coefficient (Wildman–Crippen LogP) is 4.03. The number of H-pyrrole nitrogens is 1. The van der Waals surface area contributed by atoms with Gasteiger partial charge in [0.05, 0.1) is 40.0 Å². The maximum atomic E-state index is 14.3. The van der Waals surface area contributed by atoms with Crippen LogP contribution in [0, 0.1) is 23.0 Å². The van der Waals surface area contributed by atoms with Gasteiger partial charge in [-0.3, -0.25) is 4.98 Å². The van der Waals surface area contributed by atoms with E-state index in [1.165, 1.54) is 18.2 Å². The SMILES string of the molecule is CC12C3C[C@]1(c1cccc(-c4cn[nH]n4)n1)c1nnc(-c4c(F)cccc4F)cc1[C@H]32. The first-order chi connectivity index (χ1) is 15.1. The van der Waals surface area contributed by atoms with Crippen molar-refractivity contribution in [3.05, 3.63) is 77.2 Å². The molecule has 4 aromatic rings. The van der Waals surface area contributed by atoms with Crippen LogP contribution in [0.3, 0.4) is 0 Å². The Morgan fingerprint density at radius 3 is 2.58 bits per heavy atom. The molecule has 2 unspecified atom stereocenters. The first kappa shape index (κ1) is 17.2. The molecule has 3 aliphatic carbocycles. The monoisotopic (exact) mass is 414 g/mol. The molecule has 0 spiro atoms. The number of nitrogens with one attached hydrogen (secondary N) is 1. The number of halogens is 2. The molecule has 0 saturated heterocycles. The van der Waals surface area contributed by atoms with Gasteiger partial charge in [-0.2, -0.15) is 20.5 Å². The lowest BCUT2D eigenvalue weighted by atomic mass is 9.57. The van der Waals surface area contributed by atoms with Gasteiger partial charge in [0.25, 0.3) is 0 Å². The fraction of sp³-hybridized carbons (Fsp3) is 0.261. The van der Waals surface area contributed by atoms with E-state index in [-0.39, 0.29) is 22.1 Å². The van der Waals surface area contributed by atoms with Crippen LogP contribution in [0.5, 0.6) is 0 Å². The standard InChI is InChI=1S/C23H16F2N6/c1-22-12-9-23(22,18-7-3-6-15(27-18)17-10-26-31-29-17)21-11(20(12)22)8-16(28-30-21)19-13(24)4-2-5-14(19)25/h2-8,10,12,20H,9H2,1H3,(H,26,29,31)/t12?,20-,22?,23+/m1/s1. The van der Waals surface area contributed by atoms with Crippen molar-refractivity contribution in [2.45, 2.75) is 24.7 Å². The molecule has 3 aromatic heterocycles. The van der Waals surface area contributed by atoms with Crippen LogP contribution in [0.4, 0.5) is 8.78 Å². The highest BCUT2D eigenvalue weighted by atomic mass is 19.1. The van der Waals surface area contributed by atoms with Gasteiger partial charge < -0.3 is 0 Å². The second-order valence-corrected chi connectivity index (χ2v) is 8.87. The topological polar surface area (TPSA) is 80.2 Å². The van der Waals surface area contributed by atoms with Crippen molar-refractivity contribution in [1.29, 1.82) is 0 Å². The van der Waals surface area contributed by atoms with E-state index in [1.807, 2.05) is 24.3 Å².